The lowest BCUT2D eigenvalue weighted by molar-refractivity contribution is 0.116. The molecule has 2 heterocycles. The molecule has 0 bridgehead atoms. The molecule has 4 nitrogen and oxygen atoms in total. The number of rotatable bonds is 4. The first kappa shape index (κ1) is 13.4. The predicted octanol–water partition coefficient (Wildman–Crippen LogP) is 3.01. The number of nitrogen functional groups attached to an aromatic ring is 1. The maximum absolute atomic E-state index is 6.06. The summed E-state index contributed by atoms with van der Waals surface area (Å²) in [6.45, 7) is 1.77. The number of aromatic nitrogens is 1. The molecule has 1 atom stereocenters. The van der Waals surface area contributed by atoms with Crippen molar-refractivity contribution >= 4 is 22.4 Å². The fourth-order valence-corrected chi connectivity index (χ4v) is 3.41. The van der Waals surface area contributed by atoms with Crippen LogP contribution in [0.25, 0.3) is 11.1 Å². The van der Waals surface area contributed by atoms with E-state index >= 15 is 0 Å². The number of nitrogens with zero attached hydrogens (tertiary/aromatic N) is 2. The predicted molar refractivity (Wildman–Crippen MR) is 84.2 cm³/mol. The van der Waals surface area contributed by atoms with E-state index in [2.05, 4.69) is 28.5 Å². The highest BCUT2D eigenvalue weighted by atomic mass is 32.1. The maximum atomic E-state index is 6.06. The van der Waals surface area contributed by atoms with Crippen molar-refractivity contribution in [2.24, 2.45) is 0 Å². The number of likely N-dealkylation sites (N-methyl/N-ethyl adjacent to an activating group) is 1. The molecule has 106 valence electrons. The molecule has 0 aliphatic carbocycles. The van der Waals surface area contributed by atoms with Gasteiger partial charge in [-0.05, 0) is 29.9 Å². The van der Waals surface area contributed by atoms with Crippen LogP contribution in [0.2, 0.25) is 0 Å². The lowest BCUT2D eigenvalue weighted by atomic mass is 10.1. The minimum atomic E-state index is 0.326. The molecule has 2 aromatic rings. The SMILES string of the molecule is CN(CC1CCCO1)c1snc(N)c1-c1ccccc1. The van der Waals surface area contributed by atoms with Gasteiger partial charge in [-0.25, -0.2) is 0 Å². The number of benzene rings is 1. The minimum Gasteiger partial charge on any atom is -0.382 e. The number of ether oxygens (including phenoxy) is 1. The van der Waals surface area contributed by atoms with Crippen molar-refractivity contribution < 1.29 is 4.74 Å². The van der Waals surface area contributed by atoms with Gasteiger partial charge in [-0.2, -0.15) is 4.37 Å². The van der Waals surface area contributed by atoms with E-state index < -0.39 is 0 Å². The molecule has 1 aromatic carbocycles. The standard InChI is InChI=1S/C15H19N3OS/c1-18(10-12-8-5-9-19-12)15-13(14(16)17-20-15)11-6-3-2-4-7-11/h2-4,6-7,12H,5,8-10H2,1H3,(H2,16,17). The summed E-state index contributed by atoms with van der Waals surface area (Å²) in [6.07, 6.45) is 2.63. The summed E-state index contributed by atoms with van der Waals surface area (Å²) in [5.41, 5.74) is 8.22. The molecule has 0 radical (unpaired) electrons. The molecule has 3 rings (SSSR count). The molecular formula is C15H19N3OS. The zero-order chi connectivity index (χ0) is 13.9. The van der Waals surface area contributed by atoms with Crippen molar-refractivity contribution in [3.8, 4) is 11.1 Å². The molecule has 20 heavy (non-hydrogen) atoms. The summed E-state index contributed by atoms with van der Waals surface area (Å²) in [5.74, 6) is 0.607. The van der Waals surface area contributed by atoms with Crippen molar-refractivity contribution in [2.75, 3.05) is 30.8 Å². The second kappa shape index (κ2) is 5.81. The lowest BCUT2D eigenvalue weighted by Gasteiger charge is -2.22. The highest BCUT2D eigenvalue weighted by molar-refractivity contribution is 7.11. The van der Waals surface area contributed by atoms with Crippen molar-refractivity contribution in [1.29, 1.82) is 0 Å². The quantitative estimate of drug-likeness (QED) is 0.940. The first-order valence-electron chi connectivity index (χ1n) is 6.89. The maximum Gasteiger partial charge on any atom is 0.147 e. The number of hydrogen-bond donors (Lipinski definition) is 1. The highest BCUT2D eigenvalue weighted by Gasteiger charge is 2.22. The van der Waals surface area contributed by atoms with Crippen LogP contribution in [-0.2, 0) is 4.74 Å². The first-order chi connectivity index (χ1) is 9.75. The van der Waals surface area contributed by atoms with Gasteiger partial charge in [0.1, 0.15) is 10.8 Å². The third kappa shape index (κ3) is 2.64. The Balaban J connectivity index is 1.86. The van der Waals surface area contributed by atoms with Crippen LogP contribution < -0.4 is 10.6 Å². The largest absolute Gasteiger partial charge is 0.382 e. The van der Waals surface area contributed by atoms with Crippen LogP contribution in [0, 0.1) is 0 Å². The topological polar surface area (TPSA) is 51.4 Å². The van der Waals surface area contributed by atoms with Crippen LogP contribution in [0.4, 0.5) is 10.8 Å². The van der Waals surface area contributed by atoms with Gasteiger partial charge in [-0.15, -0.1) is 0 Å². The molecule has 1 aromatic heterocycles. The van der Waals surface area contributed by atoms with Crippen molar-refractivity contribution in [3.05, 3.63) is 30.3 Å². The third-order valence-corrected chi connectivity index (χ3v) is 4.59. The van der Waals surface area contributed by atoms with E-state index in [1.807, 2.05) is 18.2 Å². The average molecular weight is 289 g/mol. The molecule has 0 amide bonds. The highest BCUT2D eigenvalue weighted by Crippen LogP contribution is 2.38. The van der Waals surface area contributed by atoms with Crippen LogP contribution in [0.3, 0.4) is 0 Å². The molecule has 1 aliphatic rings. The lowest BCUT2D eigenvalue weighted by Crippen LogP contribution is -2.28. The Labute approximate surface area is 123 Å². The summed E-state index contributed by atoms with van der Waals surface area (Å²) in [5, 5.41) is 1.12. The Morgan fingerprint density at radius 2 is 2.20 bits per heavy atom. The summed E-state index contributed by atoms with van der Waals surface area (Å²) in [7, 11) is 2.08. The Kier molecular flexibility index (Phi) is 3.89. The minimum absolute atomic E-state index is 0.326. The van der Waals surface area contributed by atoms with Crippen LogP contribution in [0.5, 0.6) is 0 Å². The van der Waals surface area contributed by atoms with E-state index in [1.165, 1.54) is 11.5 Å². The van der Waals surface area contributed by atoms with Gasteiger partial charge in [0.2, 0.25) is 0 Å². The van der Waals surface area contributed by atoms with Crippen molar-refractivity contribution in [1.82, 2.24) is 4.37 Å². The summed E-state index contributed by atoms with van der Waals surface area (Å²) in [6, 6.07) is 10.2. The van der Waals surface area contributed by atoms with Crippen molar-refractivity contribution in [2.45, 2.75) is 18.9 Å². The van der Waals surface area contributed by atoms with Crippen LogP contribution >= 0.6 is 11.5 Å². The molecule has 1 saturated heterocycles. The van der Waals surface area contributed by atoms with Gasteiger partial charge < -0.3 is 15.4 Å². The van der Waals surface area contributed by atoms with Crippen LogP contribution in [-0.4, -0.2) is 30.7 Å². The average Bonchev–Trinajstić information content (AvgIpc) is 3.09. The number of hydrogen-bond acceptors (Lipinski definition) is 5. The molecular weight excluding hydrogens is 270 g/mol. The zero-order valence-electron chi connectivity index (χ0n) is 11.6. The first-order valence-corrected chi connectivity index (χ1v) is 7.66. The van der Waals surface area contributed by atoms with E-state index in [-0.39, 0.29) is 0 Å². The van der Waals surface area contributed by atoms with E-state index in [4.69, 9.17) is 10.5 Å². The molecule has 1 aliphatic heterocycles. The van der Waals surface area contributed by atoms with Crippen LogP contribution in [0.15, 0.2) is 30.3 Å². The molecule has 1 fully saturated rings. The summed E-state index contributed by atoms with van der Waals surface area (Å²) in [4.78, 5) is 2.21. The normalized spacial score (nSPS) is 18.4. The Bertz CT molecular complexity index is 564. The number of nitrogens with two attached hydrogens (primary N) is 1. The van der Waals surface area contributed by atoms with Gasteiger partial charge in [-0.1, -0.05) is 30.3 Å². The summed E-state index contributed by atoms with van der Waals surface area (Å²) < 4.78 is 10.0. The van der Waals surface area contributed by atoms with Crippen molar-refractivity contribution in [3.63, 3.8) is 0 Å². The second-order valence-electron chi connectivity index (χ2n) is 5.13. The molecule has 0 saturated carbocycles. The second-order valence-corrected chi connectivity index (χ2v) is 5.88. The van der Waals surface area contributed by atoms with E-state index in [1.54, 1.807) is 0 Å². The molecule has 2 N–H and O–H groups in total. The third-order valence-electron chi connectivity index (χ3n) is 3.61. The molecule has 1 unspecified atom stereocenters. The van der Waals surface area contributed by atoms with E-state index in [0.29, 0.717) is 11.9 Å². The fourth-order valence-electron chi connectivity index (χ4n) is 2.61. The summed E-state index contributed by atoms with van der Waals surface area (Å²) >= 11 is 1.46. The van der Waals surface area contributed by atoms with Gasteiger partial charge in [-0.3, -0.25) is 0 Å². The number of anilines is 2. The monoisotopic (exact) mass is 289 g/mol. The van der Waals surface area contributed by atoms with Gasteiger partial charge >= 0.3 is 0 Å². The molecule has 0 spiro atoms. The Morgan fingerprint density at radius 3 is 2.90 bits per heavy atom. The van der Waals surface area contributed by atoms with Gasteiger partial charge in [0, 0.05) is 20.2 Å². The van der Waals surface area contributed by atoms with E-state index in [0.717, 1.165) is 42.1 Å². The Morgan fingerprint density at radius 1 is 1.40 bits per heavy atom. The van der Waals surface area contributed by atoms with Gasteiger partial charge in [0.05, 0.1) is 11.7 Å². The van der Waals surface area contributed by atoms with Gasteiger partial charge in [0.15, 0.2) is 0 Å². The van der Waals surface area contributed by atoms with E-state index in [9.17, 15) is 0 Å². The van der Waals surface area contributed by atoms with Gasteiger partial charge in [0.25, 0.3) is 0 Å². The molecule has 5 heteroatoms. The van der Waals surface area contributed by atoms with Crippen LogP contribution in [0.1, 0.15) is 12.8 Å². The zero-order valence-corrected chi connectivity index (χ0v) is 12.4. The Hall–Kier alpha value is -1.59. The fraction of sp³-hybridized carbons (Fsp3) is 0.400. The smallest absolute Gasteiger partial charge is 0.147 e.